The van der Waals surface area contributed by atoms with E-state index in [0.29, 0.717) is 17.5 Å². The lowest BCUT2D eigenvalue weighted by atomic mass is 10.1. The number of benzene rings is 2. The van der Waals surface area contributed by atoms with Gasteiger partial charge in [-0.2, -0.15) is 0 Å². The molecular formula is C20H22N4O3. The number of hydrazine groups is 1. The molecule has 7 heteroatoms. The van der Waals surface area contributed by atoms with Crippen LogP contribution in [0.3, 0.4) is 0 Å². The summed E-state index contributed by atoms with van der Waals surface area (Å²) in [5.41, 5.74) is 11.2. The maximum atomic E-state index is 12.8. The molecule has 2 aromatic carbocycles. The summed E-state index contributed by atoms with van der Waals surface area (Å²) < 4.78 is 0. The summed E-state index contributed by atoms with van der Waals surface area (Å²) in [6, 6.07) is 13.8. The van der Waals surface area contributed by atoms with Crippen molar-refractivity contribution in [3.8, 4) is 0 Å². The van der Waals surface area contributed by atoms with E-state index in [9.17, 15) is 14.7 Å². The predicted octanol–water partition coefficient (Wildman–Crippen LogP) is 2.30. The highest BCUT2D eigenvalue weighted by Gasteiger charge is 2.28. The zero-order valence-corrected chi connectivity index (χ0v) is 14.8. The number of hydrogen-bond acceptors (Lipinski definition) is 4. The Bertz CT molecular complexity index is 864. The van der Waals surface area contributed by atoms with Crippen LogP contribution in [0.4, 0.5) is 5.69 Å². The minimum absolute atomic E-state index is 0.0577. The predicted molar refractivity (Wildman–Crippen MR) is 103 cm³/mol. The molecule has 0 aliphatic carbocycles. The van der Waals surface area contributed by atoms with Crippen LogP contribution in [0, 0.1) is 5.41 Å². The molecule has 1 aliphatic rings. The smallest absolute Gasteiger partial charge is 0.305 e. The number of nitrogens with one attached hydrogen (secondary N) is 2. The number of para-hydroxylation sites is 1. The zero-order chi connectivity index (χ0) is 19.4. The topological polar surface area (TPSA) is 120 Å². The zero-order valence-electron chi connectivity index (χ0n) is 14.8. The summed E-state index contributed by atoms with van der Waals surface area (Å²) in [5, 5.41) is 18.4. The maximum Gasteiger partial charge on any atom is 0.305 e. The van der Waals surface area contributed by atoms with E-state index in [1.165, 1.54) is 0 Å². The van der Waals surface area contributed by atoms with Crippen LogP contribution in [-0.2, 0) is 11.2 Å². The number of carboxylic acid groups (broad SMARTS) is 1. The van der Waals surface area contributed by atoms with Crippen molar-refractivity contribution in [2.24, 2.45) is 5.73 Å². The van der Waals surface area contributed by atoms with Crippen molar-refractivity contribution in [1.82, 2.24) is 5.43 Å². The largest absolute Gasteiger partial charge is 0.481 e. The van der Waals surface area contributed by atoms with Crippen molar-refractivity contribution in [1.29, 1.82) is 5.41 Å². The molecule has 140 valence electrons. The first-order valence-electron chi connectivity index (χ1n) is 8.80. The molecule has 0 saturated heterocycles. The Morgan fingerprint density at radius 1 is 1.15 bits per heavy atom. The van der Waals surface area contributed by atoms with Crippen molar-refractivity contribution >= 4 is 23.4 Å². The van der Waals surface area contributed by atoms with Gasteiger partial charge in [-0.05, 0) is 43.0 Å². The SMILES string of the molecule is N=C(N)c1ccc(C(=O)NN2c3ccccc3CCCC2CC(=O)O)cc1. The molecule has 1 unspecified atom stereocenters. The van der Waals surface area contributed by atoms with Crippen LogP contribution in [0.2, 0.25) is 0 Å². The van der Waals surface area contributed by atoms with Crippen LogP contribution >= 0.6 is 0 Å². The quantitative estimate of drug-likeness (QED) is 0.478. The van der Waals surface area contributed by atoms with E-state index in [4.69, 9.17) is 11.1 Å². The van der Waals surface area contributed by atoms with Gasteiger partial charge in [0.05, 0.1) is 18.2 Å². The first-order chi connectivity index (χ1) is 13.0. The lowest BCUT2D eigenvalue weighted by molar-refractivity contribution is -0.137. The molecule has 3 rings (SSSR count). The van der Waals surface area contributed by atoms with Gasteiger partial charge >= 0.3 is 5.97 Å². The first kappa shape index (κ1) is 18.4. The van der Waals surface area contributed by atoms with E-state index < -0.39 is 5.97 Å². The highest BCUT2D eigenvalue weighted by molar-refractivity contribution is 5.98. The average molecular weight is 366 g/mol. The fraction of sp³-hybridized carbons (Fsp3) is 0.250. The Morgan fingerprint density at radius 3 is 2.48 bits per heavy atom. The maximum absolute atomic E-state index is 12.8. The molecule has 0 aromatic heterocycles. The molecule has 1 atom stereocenters. The average Bonchev–Trinajstić information content (AvgIpc) is 2.81. The number of nitrogens with zero attached hydrogens (tertiary/aromatic N) is 1. The van der Waals surface area contributed by atoms with E-state index in [1.807, 2.05) is 24.3 Å². The van der Waals surface area contributed by atoms with Crippen LogP contribution in [0.1, 0.15) is 40.7 Å². The van der Waals surface area contributed by atoms with Crippen molar-refractivity contribution in [3.63, 3.8) is 0 Å². The second-order valence-electron chi connectivity index (χ2n) is 6.57. The van der Waals surface area contributed by atoms with Crippen LogP contribution in [0.15, 0.2) is 48.5 Å². The van der Waals surface area contributed by atoms with E-state index in [-0.39, 0.29) is 24.2 Å². The minimum Gasteiger partial charge on any atom is -0.481 e. The van der Waals surface area contributed by atoms with Gasteiger partial charge in [-0.1, -0.05) is 30.3 Å². The van der Waals surface area contributed by atoms with Crippen molar-refractivity contribution in [3.05, 3.63) is 65.2 Å². The van der Waals surface area contributed by atoms with Crippen LogP contribution in [0.5, 0.6) is 0 Å². The van der Waals surface area contributed by atoms with E-state index >= 15 is 0 Å². The first-order valence-corrected chi connectivity index (χ1v) is 8.80. The summed E-state index contributed by atoms with van der Waals surface area (Å²) in [5.74, 6) is -1.30. The number of carboxylic acids is 1. The molecule has 27 heavy (non-hydrogen) atoms. The molecule has 1 heterocycles. The molecule has 0 fully saturated rings. The lowest BCUT2D eigenvalue weighted by Gasteiger charge is -2.32. The van der Waals surface area contributed by atoms with Crippen molar-refractivity contribution in [2.45, 2.75) is 31.7 Å². The summed E-state index contributed by atoms with van der Waals surface area (Å²) in [6.07, 6.45) is 2.31. The molecule has 1 aliphatic heterocycles. The highest BCUT2D eigenvalue weighted by Crippen LogP contribution is 2.29. The van der Waals surface area contributed by atoms with E-state index in [2.05, 4.69) is 5.43 Å². The van der Waals surface area contributed by atoms with Gasteiger partial charge in [0.25, 0.3) is 5.91 Å². The van der Waals surface area contributed by atoms with Crippen LogP contribution in [-0.4, -0.2) is 28.9 Å². The van der Waals surface area contributed by atoms with Gasteiger partial charge in [0, 0.05) is 11.1 Å². The highest BCUT2D eigenvalue weighted by atomic mass is 16.4. The second kappa shape index (κ2) is 7.90. The van der Waals surface area contributed by atoms with Crippen LogP contribution < -0.4 is 16.2 Å². The second-order valence-corrected chi connectivity index (χ2v) is 6.57. The van der Waals surface area contributed by atoms with Gasteiger partial charge in [0.15, 0.2) is 0 Å². The van der Waals surface area contributed by atoms with Crippen molar-refractivity contribution < 1.29 is 14.7 Å². The molecular weight excluding hydrogens is 344 g/mol. The van der Waals surface area contributed by atoms with Crippen molar-refractivity contribution in [2.75, 3.05) is 5.01 Å². The van der Waals surface area contributed by atoms with Gasteiger partial charge in [0.1, 0.15) is 5.84 Å². The molecule has 0 radical (unpaired) electrons. The standard InChI is InChI=1S/C20H22N4O3/c21-19(22)14-8-10-15(11-9-14)20(27)23-24-16(12-18(25)26)6-3-5-13-4-1-2-7-17(13)24/h1-2,4,7-11,16H,3,5-6,12H2,(H3,21,22)(H,23,27)(H,25,26). The molecule has 7 nitrogen and oxygen atoms in total. The molecule has 5 N–H and O–H groups in total. The molecule has 1 amide bonds. The summed E-state index contributed by atoms with van der Waals surface area (Å²) in [7, 11) is 0. The normalized spacial score (nSPS) is 16.1. The Labute approximate surface area is 157 Å². The van der Waals surface area contributed by atoms with Gasteiger partial charge in [-0.15, -0.1) is 0 Å². The molecule has 2 aromatic rings. The number of fused-ring (bicyclic) bond motifs is 1. The third-order valence-corrected chi connectivity index (χ3v) is 4.69. The number of carbonyl (C=O) groups is 2. The number of aryl methyl sites for hydroxylation is 1. The molecule has 0 bridgehead atoms. The van der Waals surface area contributed by atoms with Gasteiger partial charge < -0.3 is 10.8 Å². The number of carbonyl (C=O) groups excluding carboxylic acids is 1. The third kappa shape index (κ3) is 4.25. The summed E-state index contributed by atoms with van der Waals surface area (Å²) in [4.78, 5) is 24.1. The van der Waals surface area contributed by atoms with Crippen LogP contribution in [0.25, 0.3) is 0 Å². The number of rotatable bonds is 5. The van der Waals surface area contributed by atoms with E-state index in [1.54, 1.807) is 29.3 Å². The lowest BCUT2D eigenvalue weighted by Crippen LogP contribution is -2.49. The fourth-order valence-electron chi connectivity index (χ4n) is 3.33. The number of hydrogen-bond donors (Lipinski definition) is 4. The van der Waals surface area contributed by atoms with Gasteiger partial charge in [0.2, 0.25) is 0 Å². The Kier molecular flexibility index (Phi) is 5.40. The summed E-state index contributed by atoms with van der Waals surface area (Å²) in [6.45, 7) is 0. The number of nitrogens with two attached hydrogens (primary N) is 1. The molecule has 0 saturated carbocycles. The molecule has 0 spiro atoms. The monoisotopic (exact) mass is 366 g/mol. The number of nitrogen functional groups attached to an aromatic ring is 1. The number of amidine groups is 1. The number of anilines is 1. The van der Waals surface area contributed by atoms with Gasteiger partial charge in [-0.25, -0.2) is 0 Å². The Morgan fingerprint density at radius 2 is 1.81 bits per heavy atom. The fourth-order valence-corrected chi connectivity index (χ4v) is 3.33. The van der Waals surface area contributed by atoms with Gasteiger partial charge in [-0.3, -0.25) is 25.4 Å². The summed E-state index contributed by atoms with van der Waals surface area (Å²) >= 11 is 0. The minimum atomic E-state index is -0.899. The third-order valence-electron chi connectivity index (χ3n) is 4.69. The number of amides is 1. The number of aliphatic carboxylic acids is 1. The Balaban J connectivity index is 1.88. The Hall–Kier alpha value is -3.35. The van der Waals surface area contributed by atoms with E-state index in [0.717, 1.165) is 24.1 Å².